The molecule has 0 amide bonds. The highest BCUT2D eigenvalue weighted by atomic mass is 19.2. The van der Waals surface area contributed by atoms with E-state index in [2.05, 4.69) is 11.1 Å². The number of hydrogen-bond acceptors (Lipinski definition) is 2. The molecule has 1 aliphatic rings. The zero-order valence-corrected chi connectivity index (χ0v) is 15.1. The Morgan fingerprint density at radius 2 is 1.77 bits per heavy atom. The molecule has 2 heterocycles. The zero-order chi connectivity index (χ0) is 19.0. The number of aryl methyl sites for hydroxylation is 2. The quantitative estimate of drug-likeness (QED) is 0.725. The van der Waals surface area contributed by atoms with E-state index in [9.17, 15) is 8.63 Å². The van der Waals surface area contributed by atoms with Crippen LogP contribution in [0.5, 0.6) is 0 Å². The zero-order valence-electron chi connectivity index (χ0n) is 15.1. The van der Waals surface area contributed by atoms with Gasteiger partial charge in [-0.3, -0.25) is 13.6 Å². The molecule has 2 aromatic rings. The molecule has 0 bridgehead atoms. The van der Waals surface area contributed by atoms with Crippen LogP contribution in [0.2, 0.25) is 0 Å². The van der Waals surface area contributed by atoms with Crippen molar-refractivity contribution in [2.45, 2.75) is 27.7 Å². The van der Waals surface area contributed by atoms with Gasteiger partial charge in [-0.1, -0.05) is 12.1 Å². The standard InChI is InChI=1S/C20H18BF2N3/c1-12-9-14(3)25-19(12)18(17-7-5-16(11-24)6-8-17)20-13(2)10-15(4)26(20)21(22)23/h5-10H,1-4H3/b19-18-. The van der Waals surface area contributed by atoms with Crippen LogP contribution in [0.1, 0.15) is 41.9 Å². The van der Waals surface area contributed by atoms with Crippen molar-refractivity contribution >= 4 is 18.7 Å². The molecule has 1 aromatic carbocycles. The van der Waals surface area contributed by atoms with Crippen molar-refractivity contribution in [2.24, 2.45) is 4.99 Å². The van der Waals surface area contributed by atoms with Gasteiger partial charge >= 0.3 is 7.40 Å². The Hall–Kier alpha value is -2.94. The molecule has 3 rings (SSSR count). The number of hydrogen-bond donors (Lipinski definition) is 0. The average molecular weight is 349 g/mol. The molecule has 0 unspecified atom stereocenters. The SMILES string of the molecule is CC1=CC(C)=N/C1=C(/c1ccc(C#N)cc1)c1c(C)cc(C)n1B(F)F. The van der Waals surface area contributed by atoms with Crippen molar-refractivity contribution in [3.63, 3.8) is 0 Å². The Morgan fingerprint density at radius 1 is 1.12 bits per heavy atom. The molecule has 0 atom stereocenters. The van der Waals surface area contributed by atoms with Crippen molar-refractivity contribution in [1.29, 1.82) is 5.26 Å². The van der Waals surface area contributed by atoms with E-state index < -0.39 is 7.40 Å². The maximum atomic E-state index is 13.8. The lowest BCUT2D eigenvalue weighted by atomic mass is 9.94. The number of nitrogens with zero attached hydrogens (tertiary/aromatic N) is 3. The molecule has 0 aliphatic carbocycles. The van der Waals surface area contributed by atoms with Crippen LogP contribution in [-0.4, -0.2) is 17.6 Å². The van der Waals surface area contributed by atoms with Crippen LogP contribution < -0.4 is 0 Å². The second kappa shape index (κ2) is 6.76. The lowest BCUT2D eigenvalue weighted by molar-refractivity contribution is 0.624. The fraction of sp³-hybridized carbons (Fsp3) is 0.200. The molecule has 0 radical (unpaired) electrons. The summed E-state index contributed by atoms with van der Waals surface area (Å²) < 4.78 is 28.7. The Bertz CT molecular complexity index is 1000. The maximum absolute atomic E-state index is 13.8. The summed E-state index contributed by atoms with van der Waals surface area (Å²) >= 11 is 0. The van der Waals surface area contributed by atoms with E-state index in [1.807, 2.05) is 26.8 Å². The Balaban J connectivity index is 2.36. The molecule has 26 heavy (non-hydrogen) atoms. The third kappa shape index (κ3) is 3.01. The normalized spacial score (nSPS) is 15.4. The van der Waals surface area contributed by atoms with Crippen molar-refractivity contribution < 1.29 is 8.63 Å². The highest BCUT2D eigenvalue weighted by molar-refractivity contribution is 6.41. The minimum absolute atomic E-state index is 0.461. The number of allylic oxidation sites excluding steroid dienone is 2. The smallest absolute Gasteiger partial charge is 0.329 e. The van der Waals surface area contributed by atoms with E-state index in [1.165, 1.54) is 0 Å². The number of rotatable bonds is 3. The van der Waals surface area contributed by atoms with Gasteiger partial charge in [0.05, 0.1) is 17.3 Å². The third-order valence-electron chi connectivity index (χ3n) is 4.48. The summed E-state index contributed by atoms with van der Waals surface area (Å²) in [6.45, 7) is 7.32. The van der Waals surface area contributed by atoms with E-state index in [-0.39, 0.29) is 0 Å². The average Bonchev–Trinajstić information content (AvgIpc) is 3.07. The molecule has 0 saturated heterocycles. The van der Waals surface area contributed by atoms with Crippen molar-refractivity contribution in [3.8, 4) is 6.07 Å². The van der Waals surface area contributed by atoms with Gasteiger partial charge in [-0.05, 0) is 68.7 Å². The van der Waals surface area contributed by atoms with Crippen LogP contribution in [0.4, 0.5) is 8.63 Å². The first-order chi connectivity index (χ1) is 12.3. The predicted octanol–water partition coefficient (Wildman–Crippen LogP) is 4.93. The molecule has 130 valence electrons. The largest absolute Gasteiger partial charge is 0.677 e. The van der Waals surface area contributed by atoms with Crippen LogP contribution >= 0.6 is 0 Å². The molecule has 0 saturated carbocycles. The van der Waals surface area contributed by atoms with Crippen LogP contribution in [-0.2, 0) is 0 Å². The van der Waals surface area contributed by atoms with Gasteiger partial charge in [0, 0.05) is 22.7 Å². The van der Waals surface area contributed by atoms with E-state index in [1.54, 1.807) is 37.3 Å². The first kappa shape index (κ1) is 17.9. The molecule has 1 aromatic heterocycles. The molecular weight excluding hydrogens is 331 g/mol. The van der Waals surface area contributed by atoms with Crippen LogP contribution in [0, 0.1) is 25.2 Å². The molecule has 6 heteroatoms. The van der Waals surface area contributed by atoms with Gasteiger partial charge in [0.25, 0.3) is 0 Å². The topological polar surface area (TPSA) is 41.1 Å². The minimum atomic E-state index is -2.65. The van der Waals surface area contributed by atoms with E-state index in [0.29, 0.717) is 28.2 Å². The van der Waals surface area contributed by atoms with Gasteiger partial charge in [-0.15, -0.1) is 0 Å². The van der Waals surface area contributed by atoms with E-state index >= 15 is 0 Å². The van der Waals surface area contributed by atoms with Crippen LogP contribution in [0.3, 0.4) is 0 Å². The third-order valence-corrected chi connectivity index (χ3v) is 4.48. The van der Waals surface area contributed by atoms with E-state index in [4.69, 9.17) is 5.26 Å². The molecular formula is C20H18BF2N3. The number of aromatic nitrogens is 1. The van der Waals surface area contributed by atoms with Crippen molar-refractivity contribution in [3.05, 3.63) is 75.8 Å². The Kier molecular flexibility index (Phi) is 4.65. The Labute approximate surface area is 152 Å². The van der Waals surface area contributed by atoms with Gasteiger partial charge in [0.2, 0.25) is 0 Å². The first-order valence-corrected chi connectivity index (χ1v) is 8.29. The molecule has 0 spiro atoms. The summed E-state index contributed by atoms with van der Waals surface area (Å²) in [6, 6.07) is 10.8. The second-order valence-electron chi connectivity index (χ2n) is 6.46. The van der Waals surface area contributed by atoms with Crippen molar-refractivity contribution in [2.75, 3.05) is 0 Å². The maximum Gasteiger partial charge on any atom is 0.677 e. The van der Waals surface area contributed by atoms with E-state index in [0.717, 1.165) is 26.9 Å². The summed E-state index contributed by atoms with van der Waals surface area (Å²) in [4.78, 5) is 4.60. The monoisotopic (exact) mass is 349 g/mol. The number of nitriles is 1. The highest BCUT2D eigenvalue weighted by Gasteiger charge is 2.29. The Morgan fingerprint density at radius 3 is 2.27 bits per heavy atom. The van der Waals surface area contributed by atoms with Gasteiger partial charge < -0.3 is 4.48 Å². The molecule has 3 nitrogen and oxygen atoms in total. The molecule has 0 fully saturated rings. The van der Waals surface area contributed by atoms with Gasteiger partial charge in [0.1, 0.15) is 0 Å². The number of benzene rings is 1. The van der Waals surface area contributed by atoms with Crippen LogP contribution in [0.15, 0.2) is 52.7 Å². The fourth-order valence-electron chi connectivity index (χ4n) is 3.42. The summed E-state index contributed by atoms with van der Waals surface area (Å²) in [5.41, 5.74) is 6.13. The lowest BCUT2D eigenvalue weighted by Crippen LogP contribution is -2.18. The number of halogens is 2. The number of aliphatic imine (C=N–C) groups is 1. The van der Waals surface area contributed by atoms with Crippen LogP contribution in [0.25, 0.3) is 5.57 Å². The van der Waals surface area contributed by atoms with Gasteiger partial charge in [-0.25, -0.2) is 0 Å². The molecule has 1 aliphatic heterocycles. The van der Waals surface area contributed by atoms with Crippen molar-refractivity contribution in [1.82, 2.24) is 4.48 Å². The molecule has 0 N–H and O–H groups in total. The minimum Gasteiger partial charge on any atom is -0.329 e. The summed E-state index contributed by atoms with van der Waals surface area (Å²) in [5, 5.41) is 9.04. The van der Waals surface area contributed by atoms with Gasteiger partial charge in [0.15, 0.2) is 0 Å². The summed E-state index contributed by atoms with van der Waals surface area (Å²) in [5.74, 6) is 0. The fourth-order valence-corrected chi connectivity index (χ4v) is 3.42. The van der Waals surface area contributed by atoms with Gasteiger partial charge in [-0.2, -0.15) is 5.26 Å². The first-order valence-electron chi connectivity index (χ1n) is 8.29. The summed E-state index contributed by atoms with van der Waals surface area (Å²) in [7, 11) is -2.65. The second-order valence-corrected chi connectivity index (χ2v) is 6.46. The predicted molar refractivity (Wildman–Crippen MR) is 101 cm³/mol. The lowest BCUT2D eigenvalue weighted by Gasteiger charge is -2.16. The summed E-state index contributed by atoms with van der Waals surface area (Å²) in [6.07, 6.45) is 1.94. The highest BCUT2D eigenvalue weighted by Crippen LogP contribution is 2.37.